The van der Waals surface area contributed by atoms with Crippen molar-refractivity contribution in [2.24, 2.45) is 0 Å². The lowest BCUT2D eigenvalue weighted by Crippen LogP contribution is -2.23. The third-order valence-electron chi connectivity index (χ3n) is 2.48. The minimum atomic E-state index is -1.28. The molecule has 0 saturated heterocycles. The van der Waals surface area contributed by atoms with Gasteiger partial charge in [-0.05, 0) is 6.04 Å². The van der Waals surface area contributed by atoms with Gasteiger partial charge in [0.05, 0.1) is 6.20 Å². The zero-order valence-electron chi connectivity index (χ0n) is 11.2. The lowest BCUT2D eigenvalue weighted by atomic mass is 10.5. The summed E-state index contributed by atoms with van der Waals surface area (Å²) in [6.07, 6.45) is 1.02. The maximum atomic E-state index is 10.9. The Labute approximate surface area is 111 Å². The molecule has 8 heteroatoms. The number of aromatic nitrogens is 2. The maximum absolute atomic E-state index is 10.9. The monoisotopic (exact) mass is 286 g/mol. The zero-order chi connectivity index (χ0) is 14.6. The average molecular weight is 286 g/mol. The van der Waals surface area contributed by atoms with Gasteiger partial charge in [0.1, 0.15) is 12.4 Å². The first-order valence-electron chi connectivity index (χ1n) is 5.82. The van der Waals surface area contributed by atoms with Crippen molar-refractivity contribution in [3.05, 3.63) is 17.7 Å². The molecule has 0 atom stereocenters. The van der Waals surface area contributed by atoms with Gasteiger partial charge < -0.3 is 14.9 Å². The molecule has 1 heterocycles. The van der Waals surface area contributed by atoms with E-state index in [4.69, 9.17) is 14.9 Å². The lowest BCUT2D eigenvalue weighted by molar-refractivity contribution is 0.0568. The van der Waals surface area contributed by atoms with E-state index >= 15 is 0 Å². The Morgan fingerprint density at radius 1 is 1.32 bits per heavy atom. The summed E-state index contributed by atoms with van der Waals surface area (Å²) in [5.74, 6) is -2.83. The highest BCUT2D eigenvalue weighted by Crippen LogP contribution is 2.10. The topological polar surface area (TPSA) is 102 Å². The molecular formula is C11H18N2O5Si. The number of imidazole rings is 1. The van der Waals surface area contributed by atoms with Crippen LogP contribution in [0.25, 0.3) is 0 Å². The van der Waals surface area contributed by atoms with Gasteiger partial charge in [0.15, 0.2) is 0 Å². The predicted octanol–water partition coefficient (Wildman–Crippen LogP) is 1.59. The number of rotatable bonds is 7. The first-order valence-corrected chi connectivity index (χ1v) is 9.53. The molecule has 0 saturated carbocycles. The molecule has 2 N–H and O–H groups in total. The Morgan fingerprint density at radius 3 is 2.42 bits per heavy atom. The fraction of sp³-hybridized carbons (Fsp3) is 0.545. The summed E-state index contributed by atoms with van der Waals surface area (Å²) < 4.78 is 6.42. The Kier molecular flexibility index (Phi) is 4.84. The van der Waals surface area contributed by atoms with Gasteiger partial charge in [-0.25, -0.2) is 14.6 Å². The van der Waals surface area contributed by atoms with Gasteiger partial charge in [-0.1, -0.05) is 19.6 Å². The van der Waals surface area contributed by atoms with Gasteiger partial charge in [-0.2, -0.15) is 0 Å². The fourth-order valence-corrected chi connectivity index (χ4v) is 2.14. The van der Waals surface area contributed by atoms with Crippen molar-refractivity contribution in [3.63, 3.8) is 0 Å². The molecule has 0 aliphatic carbocycles. The minimum Gasteiger partial charge on any atom is -0.477 e. The number of carboxylic acid groups (broad SMARTS) is 2. The van der Waals surface area contributed by atoms with Crippen LogP contribution in [0.2, 0.25) is 25.7 Å². The highest BCUT2D eigenvalue weighted by atomic mass is 28.3. The molecule has 0 bridgehead atoms. The van der Waals surface area contributed by atoms with Gasteiger partial charge in [-0.3, -0.25) is 4.57 Å². The van der Waals surface area contributed by atoms with E-state index < -0.39 is 20.0 Å². The van der Waals surface area contributed by atoms with E-state index in [1.165, 1.54) is 0 Å². The molecule has 0 amide bonds. The highest BCUT2D eigenvalue weighted by molar-refractivity contribution is 6.76. The summed E-state index contributed by atoms with van der Waals surface area (Å²) in [4.78, 5) is 25.4. The molecule has 106 valence electrons. The van der Waals surface area contributed by atoms with Gasteiger partial charge >= 0.3 is 11.9 Å². The lowest BCUT2D eigenvalue weighted by Gasteiger charge is -2.16. The number of hydrogen-bond acceptors (Lipinski definition) is 4. The number of nitrogens with zero attached hydrogens (tertiary/aromatic N) is 2. The maximum Gasteiger partial charge on any atom is 0.372 e. The normalized spacial score (nSPS) is 11.5. The molecule has 0 radical (unpaired) electrons. The quantitative estimate of drug-likeness (QED) is 0.583. The first-order chi connectivity index (χ1) is 8.72. The van der Waals surface area contributed by atoms with Crippen molar-refractivity contribution in [3.8, 4) is 0 Å². The first kappa shape index (κ1) is 15.4. The molecule has 0 spiro atoms. The third kappa shape index (κ3) is 4.49. The molecule has 0 unspecified atom stereocenters. The second-order valence-electron chi connectivity index (χ2n) is 5.35. The standard InChI is InChI=1S/C11H18N2O5Si/c1-19(2,3)5-4-18-7-13-8(10(14)15)6-12-9(13)11(16)17/h6H,4-5,7H2,1-3H3,(H,14,15)(H,16,17). The van der Waals surface area contributed by atoms with E-state index in [1.807, 2.05) is 0 Å². The molecular weight excluding hydrogens is 268 g/mol. The number of carboxylic acids is 2. The van der Waals surface area contributed by atoms with Crippen LogP contribution in [0.4, 0.5) is 0 Å². The fourth-order valence-electron chi connectivity index (χ4n) is 1.38. The third-order valence-corrected chi connectivity index (χ3v) is 4.19. The average Bonchev–Trinajstić information content (AvgIpc) is 2.66. The molecule has 0 aliphatic heterocycles. The Morgan fingerprint density at radius 2 is 1.95 bits per heavy atom. The molecule has 19 heavy (non-hydrogen) atoms. The van der Waals surface area contributed by atoms with Gasteiger partial charge in [0.25, 0.3) is 0 Å². The summed E-state index contributed by atoms with van der Waals surface area (Å²) in [5.41, 5.74) is -0.189. The SMILES string of the molecule is C[Si](C)(C)CCOCn1c(C(=O)O)cnc1C(=O)O. The summed E-state index contributed by atoms with van der Waals surface area (Å²) in [6, 6.07) is 0.923. The highest BCUT2D eigenvalue weighted by Gasteiger charge is 2.20. The molecule has 0 aliphatic rings. The van der Waals surface area contributed by atoms with Crippen molar-refractivity contribution in [2.75, 3.05) is 6.61 Å². The summed E-state index contributed by atoms with van der Waals surface area (Å²) in [7, 11) is -1.23. The van der Waals surface area contributed by atoms with Crippen LogP contribution in [0.1, 0.15) is 21.1 Å². The van der Waals surface area contributed by atoms with Gasteiger partial charge in [-0.15, -0.1) is 0 Å². The van der Waals surface area contributed by atoms with Gasteiger partial charge in [0, 0.05) is 14.7 Å². The van der Waals surface area contributed by atoms with Crippen molar-refractivity contribution < 1.29 is 24.5 Å². The van der Waals surface area contributed by atoms with Crippen molar-refractivity contribution in [1.29, 1.82) is 0 Å². The minimum absolute atomic E-state index is 0.117. The summed E-state index contributed by atoms with van der Waals surface area (Å²) >= 11 is 0. The molecule has 1 aromatic heterocycles. The summed E-state index contributed by atoms with van der Waals surface area (Å²) in [5, 5.41) is 17.9. The van der Waals surface area contributed by atoms with Crippen LogP contribution >= 0.6 is 0 Å². The van der Waals surface area contributed by atoms with E-state index in [-0.39, 0.29) is 18.2 Å². The van der Waals surface area contributed by atoms with Crippen LogP contribution in [0.15, 0.2) is 6.20 Å². The summed E-state index contributed by atoms with van der Waals surface area (Å²) in [6.45, 7) is 6.94. The van der Waals surface area contributed by atoms with E-state index in [1.54, 1.807) is 0 Å². The predicted molar refractivity (Wildman–Crippen MR) is 70.3 cm³/mol. The van der Waals surface area contributed by atoms with E-state index in [9.17, 15) is 9.59 Å². The second-order valence-corrected chi connectivity index (χ2v) is 11.0. The number of aromatic carboxylic acids is 2. The van der Waals surface area contributed by atoms with Crippen LogP contribution in [0, 0.1) is 0 Å². The van der Waals surface area contributed by atoms with Crippen molar-refractivity contribution >= 4 is 20.0 Å². The molecule has 0 fully saturated rings. The molecule has 1 aromatic rings. The molecule has 0 aromatic carbocycles. The van der Waals surface area contributed by atoms with Crippen molar-refractivity contribution in [2.45, 2.75) is 32.4 Å². The Bertz CT molecular complexity index is 446. The zero-order valence-corrected chi connectivity index (χ0v) is 12.2. The van der Waals surface area contributed by atoms with Crippen LogP contribution in [-0.4, -0.2) is 46.4 Å². The van der Waals surface area contributed by atoms with E-state index in [0.29, 0.717) is 6.61 Å². The largest absolute Gasteiger partial charge is 0.477 e. The molecule has 7 nitrogen and oxygen atoms in total. The van der Waals surface area contributed by atoms with E-state index in [2.05, 4.69) is 24.6 Å². The van der Waals surface area contributed by atoms with Crippen LogP contribution < -0.4 is 0 Å². The Hall–Kier alpha value is -1.67. The second kappa shape index (κ2) is 5.98. The number of ether oxygens (including phenoxy) is 1. The van der Waals surface area contributed by atoms with E-state index in [0.717, 1.165) is 16.8 Å². The van der Waals surface area contributed by atoms with Crippen LogP contribution in [0.3, 0.4) is 0 Å². The van der Waals surface area contributed by atoms with Crippen LogP contribution in [-0.2, 0) is 11.5 Å². The van der Waals surface area contributed by atoms with Crippen LogP contribution in [0.5, 0.6) is 0 Å². The van der Waals surface area contributed by atoms with Crippen molar-refractivity contribution in [1.82, 2.24) is 9.55 Å². The smallest absolute Gasteiger partial charge is 0.372 e. The number of hydrogen-bond donors (Lipinski definition) is 2. The Balaban J connectivity index is 2.73. The van der Waals surface area contributed by atoms with Gasteiger partial charge in [0.2, 0.25) is 5.82 Å². The number of carbonyl (C=O) groups is 2. The molecule has 1 rings (SSSR count).